The number of benzene rings is 1. The van der Waals surface area contributed by atoms with Crippen LogP contribution in [0.4, 0.5) is 8.78 Å². The fraction of sp³-hybridized carbons (Fsp3) is 0.300. The molecule has 0 amide bonds. The molecule has 0 atom stereocenters. The Morgan fingerprint density at radius 3 is 2.33 bits per heavy atom. The monoisotopic (exact) mass is 216 g/mol. The summed E-state index contributed by atoms with van der Waals surface area (Å²) in [6, 6.07) is 4.71. The average Bonchev–Trinajstić information content (AvgIpc) is 2.19. The third kappa shape index (κ3) is 2.43. The predicted molar refractivity (Wildman–Crippen MR) is 49.1 cm³/mol. The molecule has 0 saturated carbocycles. The fourth-order valence-electron chi connectivity index (χ4n) is 1.05. The molecule has 5 heteroatoms. The molecule has 0 spiro atoms. The molecule has 0 heterocycles. The van der Waals surface area contributed by atoms with Gasteiger partial charge in [0.05, 0.1) is 6.61 Å². The number of carboxylic acid groups (broad SMARTS) is 1. The van der Waals surface area contributed by atoms with E-state index in [9.17, 15) is 13.6 Å². The van der Waals surface area contributed by atoms with E-state index in [1.54, 1.807) is 6.92 Å². The van der Waals surface area contributed by atoms with Crippen LogP contribution in [0.2, 0.25) is 0 Å². The van der Waals surface area contributed by atoms with Gasteiger partial charge in [0, 0.05) is 5.56 Å². The maximum Gasteiger partial charge on any atom is 0.379 e. The second-order valence-corrected chi connectivity index (χ2v) is 2.84. The lowest BCUT2D eigenvalue weighted by Gasteiger charge is -2.11. The van der Waals surface area contributed by atoms with Gasteiger partial charge < -0.3 is 9.84 Å². The van der Waals surface area contributed by atoms with E-state index in [4.69, 9.17) is 9.84 Å². The zero-order chi connectivity index (χ0) is 11.5. The third-order valence-corrected chi connectivity index (χ3v) is 1.80. The number of carbonyl (C=O) groups is 1. The maximum absolute atomic E-state index is 13.0. The van der Waals surface area contributed by atoms with Crippen molar-refractivity contribution in [3.8, 4) is 5.75 Å². The first-order chi connectivity index (χ1) is 6.98. The number of aliphatic carboxylic acids is 1. The van der Waals surface area contributed by atoms with Gasteiger partial charge in [0.15, 0.2) is 0 Å². The number of rotatable bonds is 4. The summed E-state index contributed by atoms with van der Waals surface area (Å²) in [6.07, 6.45) is 0. The first-order valence-corrected chi connectivity index (χ1v) is 4.33. The molecule has 0 aliphatic heterocycles. The Bertz CT molecular complexity index is 346. The highest BCUT2D eigenvalue weighted by molar-refractivity contribution is 5.77. The van der Waals surface area contributed by atoms with Crippen LogP contribution in [0.25, 0.3) is 0 Å². The van der Waals surface area contributed by atoms with Crippen LogP contribution in [0.1, 0.15) is 12.5 Å². The molecule has 0 aliphatic rings. The van der Waals surface area contributed by atoms with E-state index in [1.807, 2.05) is 0 Å². The van der Waals surface area contributed by atoms with E-state index in [2.05, 4.69) is 0 Å². The van der Waals surface area contributed by atoms with Crippen LogP contribution in [-0.4, -0.2) is 17.7 Å². The van der Waals surface area contributed by atoms with Gasteiger partial charge in [-0.15, -0.1) is 0 Å². The summed E-state index contributed by atoms with van der Waals surface area (Å²) < 4.78 is 31.0. The summed E-state index contributed by atoms with van der Waals surface area (Å²) in [7, 11) is 0. The SMILES string of the molecule is CCOc1ccc(C(F)(F)C(=O)O)cc1. The third-order valence-electron chi connectivity index (χ3n) is 1.80. The van der Waals surface area contributed by atoms with Gasteiger partial charge in [-0.05, 0) is 31.2 Å². The van der Waals surface area contributed by atoms with Gasteiger partial charge in [0.1, 0.15) is 5.75 Å². The van der Waals surface area contributed by atoms with E-state index in [0.717, 1.165) is 12.1 Å². The van der Waals surface area contributed by atoms with Gasteiger partial charge >= 0.3 is 11.9 Å². The van der Waals surface area contributed by atoms with Crippen LogP contribution in [0.5, 0.6) is 5.75 Å². The van der Waals surface area contributed by atoms with Gasteiger partial charge in [0.25, 0.3) is 0 Å². The number of ether oxygens (including phenoxy) is 1. The maximum atomic E-state index is 13.0. The van der Waals surface area contributed by atoms with Gasteiger partial charge in [0.2, 0.25) is 0 Å². The summed E-state index contributed by atoms with van der Waals surface area (Å²) in [4.78, 5) is 10.3. The molecule has 0 aromatic heterocycles. The van der Waals surface area contributed by atoms with Crippen LogP contribution < -0.4 is 4.74 Å². The number of alkyl halides is 2. The van der Waals surface area contributed by atoms with Crippen molar-refractivity contribution in [3.05, 3.63) is 29.8 Å². The Hall–Kier alpha value is -1.65. The smallest absolute Gasteiger partial charge is 0.379 e. The van der Waals surface area contributed by atoms with Crippen LogP contribution in [0.3, 0.4) is 0 Å². The molecule has 15 heavy (non-hydrogen) atoms. The molecule has 0 unspecified atom stereocenters. The molecular formula is C10H10F2O3. The Morgan fingerprint density at radius 2 is 1.93 bits per heavy atom. The number of carboxylic acids is 1. The predicted octanol–water partition coefficient (Wildman–Crippen LogP) is 2.26. The molecule has 0 fully saturated rings. The van der Waals surface area contributed by atoms with Crippen molar-refractivity contribution in [2.24, 2.45) is 0 Å². The van der Waals surface area contributed by atoms with E-state index in [1.165, 1.54) is 12.1 Å². The molecule has 0 radical (unpaired) electrons. The molecule has 0 bridgehead atoms. The lowest BCUT2D eigenvalue weighted by atomic mass is 10.1. The minimum absolute atomic E-state index is 0.425. The van der Waals surface area contributed by atoms with Crippen molar-refractivity contribution in [3.63, 3.8) is 0 Å². The Kier molecular flexibility index (Phi) is 3.24. The number of hydrogen-bond donors (Lipinski definition) is 1. The molecule has 3 nitrogen and oxygen atoms in total. The zero-order valence-corrected chi connectivity index (χ0v) is 8.04. The first kappa shape index (κ1) is 11.4. The molecule has 0 saturated heterocycles. The van der Waals surface area contributed by atoms with E-state index in [-0.39, 0.29) is 0 Å². The quantitative estimate of drug-likeness (QED) is 0.839. The average molecular weight is 216 g/mol. The molecule has 0 aliphatic carbocycles. The highest BCUT2D eigenvalue weighted by Gasteiger charge is 2.40. The van der Waals surface area contributed by atoms with Gasteiger partial charge in [-0.25, -0.2) is 4.79 Å². The van der Waals surface area contributed by atoms with Crippen molar-refractivity contribution < 1.29 is 23.4 Å². The Balaban J connectivity index is 2.93. The largest absolute Gasteiger partial charge is 0.494 e. The molecule has 82 valence electrons. The first-order valence-electron chi connectivity index (χ1n) is 4.33. The fourth-order valence-corrected chi connectivity index (χ4v) is 1.05. The second kappa shape index (κ2) is 4.25. The molecular weight excluding hydrogens is 206 g/mol. The van der Waals surface area contributed by atoms with E-state index in [0.29, 0.717) is 12.4 Å². The van der Waals surface area contributed by atoms with Crippen LogP contribution in [0.15, 0.2) is 24.3 Å². The molecule has 1 aromatic carbocycles. The number of halogens is 2. The summed E-state index contributed by atoms with van der Waals surface area (Å²) in [6.45, 7) is 2.19. The summed E-state index contributed by atoms with van der Waals surface area (Å²) in [5.74, 6) is -5.58. The minimum atomic E-state index is -3.86. The minimum Gasteiger partial charge on any atom is -0.494 e. The molecule has 1 aromatic rings. The van der Waals surface area contributed by atoms with Crippen molar-refractivity contribution in [1.82, 2.24) is 0 Å². The van der Waals surface area contributed by atoms with Crippen LogP contribution >= 0.6 is 0 Å². The highest BCUT2D eigenvalue weighted by atomic mass is 19.3. The Morgan fingerprint density at radius 1 is 1.40 bits per heavy atom. The van der Waals surface area contributed by atoms with Crippen LogP contribution in [-0.2, 0) is 10.7 Å². The van der Waals surface area contributed by atoms with Crippen molar-refractivity contribution in [2.45, 2.75) is 12.8 Å². The van der Waals surface area contributed by atoms with E-state index < -0.39 is 17.5 Å². The van der Waals surface area contributed by atoms with Crippen molar-refractivity contribution in [2.75, 3.05) is 6.61 Å². The standard InChI is InChI=1S/C10H10F2O3/c1-2-15-8-5-3-7(4-6-8)10(11,12)9(13)14/h3-6H,2H2,1H3,(H,13,14). The summed E-state index contributed by atoms with van der Waals surface area (Å²) in [5, 5.41) is 8.29. The van der Waals surface area contributed by atoms with Gasteiger partial charge in [-0.1, -0.05) is 0 Å². The van der Waals surface area contributed by atoms with Crippen LogP contribution in [0, 0.1) is 0 Å². The normalized spacial score (nSPS) is 11.1. The molecule has 1 rings (SSSR count). The van der Waals surface area contributed by atoms with Crippen molar-refractivity contribution >= 4 is 5.97 Å². The zero-order valence-electron chi connectivity index (χ0n) is 8.04. The lowest BCUT2D eigenvalue weighted by molar-refractivity contribution is -0.166. The number of hydrogen-bond acceptors (Lipinski definition) is 2. The second-order valence-electron chi connectivity index (χ2n) is 2.84. The van der Waals surface area contributed by atoms with Gasteiger partial charge in [-0.3, -0.25) is 0 Å². The highest BCUT2D eigenvalue weighted by Crippen LogP contribution is 2.29. The Labute approximate surface area is 85.3 Å². The van der Waals surface area contributed by atoms with E-state index >= 15 is 0 Å². The lowest BCUT2D eigenvalue weighted by Crippen LogP contribution is -2.25. The topological polar surface area (TPSA) is 46.5 Å². The van der Waals surface area contributed by atoms with Crippen molar-refractivity contribution in [1.29, 1.82) is 0 Å². The summed E-state index contributed by atoms with van der Waals surface area (Å²) in [5.41, 5.74) is -0.557. The van der Waals surface area contributed by atoms with Gasteiger partial charge in [-0.2, -0.15) is 8.78 Å². The summed E-state index contributed by atoms with van der Waals surface area (Å²) >= 11 is 0. The molecule has 1 N–H and O–H groups in total.